The summed E-state index contributed by atoms with van der Waals surface area (Å²) in [5, 5.41) is 2.94. The van der Waals surface area contributed by atoms with Crippen LogP contribution >= 0.6 is 0 Å². The molecule has 3 rings (SSSR count). The highest BCUT2D eigenvalue weighted by Gasteiger charge is 2.30. The van der Waals surface area contributed by atoms with Gasteiger partial charge in [-0.1, -0.05) is 6.92 Å². The lowest BCUT2D eigenvalue weighted by Crippen LogP contribution is -2.49. The number of amides is 1. The highest BCUT2D eigenvalue weighted by atomic mass is 16.6. The van der Waals surface area contributed by atoms with Crippen LogP contribution in [0.1, 0.15) is 43.5 Å². The average Bonchev–Trinajstić information content (AvgIpc) is 2.70. The number of benzene rings is 1. The lowest BCUT2D eigenvalue weighted by atomic mass is 9.88. The fraction of sp³-hybridized carbons (Fsp3) is 0.600. The van der Waals surface area contributed by atoms with Crippen LogP contribution in [0.3, 0.4) is 0 Å². The third-order valence-corrected chi connectivity index (χ3v) is 5.20. The smallest absolute Gasteiger partial charge is 0.237 e. The number of carbonyl (C=O) groups excluding carboxylic acids is 2. The summed E-state index contributed by atoms with van der Waals surface area (Å²) in [4.78, 5) is 27.1. The maximum atomic E-state index is 12.8. The highest BCUT2D eigenvalue weighted by Crippen LogP contribution is 2.32. The zero-order valence-electron chi connectivity index (χ0n) is 15.6. The van der Waals surface area contributed by atoms with Gasteiger partial charge in [-0.05, 0) is 57.5 Å². The summed E-state index contributed by atoms with van der Waals surface area (Å²) in [6, 6.07) is 5.29. The minimum Gasteiger partial charge on any atom is -0.486 e. The Kier molecular flexibility index (Phi) is 6.14. The third kappa shape index (κ3) is 4.18. The maximum Gasteiger partial charge on any atom is 0.237 e. The summed E-state index contributed by atoms with van der Waals surface area (Å²) in [6.45, 7) is 7.28. The SMILES string of the molecule is CCCNC(=O)C(C)N1CCC(C(=O)c2ccc3c(c2)OCCO3)CC1. The van der Waals surface area contributed by atoms with Gasteiger partial charge in [0, 0.05) is 18.0 Å². The van der Waals surface area contributed by atoms with E-state index in [4.69, 9.17) is 9.47 Å². The van der Waals surface area contributed by atoms with Crippen LogP contribution in [0.15, 0.2) is 18.2 Å². The zero-order valence-corrected chi connectivity index (χ0v) is 15.6. The predicted molar refractivity (Wildman–Crippen MR) is 98.8 cm³/mol. The molecule has 6 nitrogen and oxygen atoms in total. The fourth-order valence-corrected chi connectivity index (χ4v) is 3.54. The maximum absolute atomic E-state index is 12.8. The van der Waals surface area contributed by atoms with E-state index in [2.05, 4.69) is 10.2 Å². The first-order valence-corrected chi connectivity index (χ1v) is 9.55. The first kappa shape index (κ1) is 18.7. The van der Waals surface area contributed by atoms with Gasteiger partial charge in [0.05, 0.1) is 6.04 Å². The molecule has 1 saturated heterocycles. The minimum absolute atomic E-state index is 0.000267. The third-order valence-electron chi connectivity index (χ3n) is 5.20. The molecule has 0 spiro atoms. The van der Waals surface area contributed by atoms with E-state index in [9.17, 15) is 9.59 Å². The van der Waals surface area contributed by atoms with Gasteiger partial charge in [-0.25, -0.2) is 0 Å². The van der Waals surface area contributed by atoms with E-state index in [1.54, 1.807) is 6.07 Å². The standard InChI is InChI=1S/C20H28N2O4/c1-3-8-21-20(24)14(2)22-9-6-15(7-10-22)19(23)16-4-5-17-18(13-16)26-12-11-25-17/h4-5,13-15H,3,6-12H2,1-2H3,(H,21,24). The number of likely N-dealkylation sites (tertiary alicyclic amines) is 1. The minimum atomic E-state index is -0.146. The van der Waals surface area contributed by atoms with E-state index >= 15 is 0 Å². The zero-order chi connectivity index (χ0) is 18.5. The Balaban J connectivity index is 1.56. The summed E-state index contributed by atoms with van der Waals surface area (Å²) < 4.78 is 11.1. The number of rotatable bonds is 6. The Morgan fingerprint density at radius 2 is 1.88 bits per heavy atom. The van der Waals surface area contributed by atoms with Crippen LogP contribution in [0, 0.1) is 5.92 Å². The summed E-state index contributed by atoms with van der Waals surface area (Å²) in [5.41, 5.74) is 0.682. The molecular formula is C20H28N2O4. The molecule has 2 aliphatic rings. The summed E-state index contributed by atoms with van der Waals surface area (Å²) in [7, 11) is 0. The van der Waals surface area contributed by atoms with Crippen LogP contribution in [-0.2, 0) is 4.79 Å². The lowest BCUT2D eigenvalue weighted by Gasteiger charge is -2.34. The van der Waals surface area contributed by atoms with Crippen molar-refractivity contribution in [3.05, 3.63) is 23.8 Å². The van der Waals surface area contributed by atoms with E-state index in [1.165, 1.54) is 0 Å². The lowest BCUT2D eigenvalue weighted by molar-refractivity contribution is -0.126. The molecule has 26 heavy (non-hydrogen) atoms. The van der Waals surface area contributed by atoms with Crippen molar-refractivity contribution in [1.82, 2.24) is 10.2 Å². The first-order valence-electron chi connectivity index (χ1n) is 9.55. The molecule has 1 unspecified atom stereocenters. The molecule has 1 fully saturated rings. The number of nitrogens with one attached hydrogen (secondary N) is 1. The molecule has 1 aromatic rings. The molecule has 6 heteroatoms. The molecular weight excluding hydrogens is 332 g/mol. The van der Waals surface area contributed by atoms with Gasteiger partial charge in [0.15, 0.2) is 17.3 Å². The molecule has 2 aliphatic heterocycles. The molecule has 1 amide bonds. The van der Waals surface area contributed by atoms with Crippen LogP contribution in [0.4, 0.5) is 0 Å². The van der Waals surface area contributed by atoms with Crippen molar-refractivity contribution in [2.75, 3.05) is 32.8 Å². The van der Waals surface area contributed by atoms with Crippen LogP contribution < -0.4 is 14.8 Å². The molecule has 0 radical (unpaired) electrons. The van der Waals surface area contributed by atoms with Crippen molar-refractivity contribution in [2.24, 2.45) is 5.92 Å². The Hall–Kier alpha value is -2.08. The van der Waals surface area contributed by atoms with Crippen molar-refractivity contribution in [3.8, 4) is 11.5 Å². The summed E-state index contributed by atoms with van der Waals surface area (Å²) >= 11 is 0. The van der Waals surface area contributed by atoms with Gasteiger partial charge >= 0.3 is 0 Å². The fourth-order valence-electron chi connectivity index (χ4n) is 3.54. The largest absolute Gasteiger partial charge is 0.486 e. The molecule has 0 bridgehead atoms. The topological polar surface area (TPSA) is 67.9 Å². The second kappa shape index (κ2) is 8.54. The van der Waals surface area contributed by atoms with E-state index in [0.717, 1.165) is 32.4 Å². The number of Topliss-reactive ketones (excluding diaryl/α,β-unsaturated/α-hetero) is 1. The van der Waals surface area contributed by atoms with Crippen molar-refractivity contribution in [3.63, 3.8) is 0 Å². The number of hydrogen-bond acceptors (Lipinski definition) is 5. The monoisotopic (exact) mass is 360 g/mol. The summed E-state index contributed by atoms with van der Waals surface area (Å²) in [5.74, 6) is 1.59. The Morgan fingerprint density at radius 3 is 2.58 bits per heavy atom. The second-order valence-corrected chi connectivity index (χ2v) is 7.00. The van der Waals surface area contributed by atoms with Gasteiger partial charge in [0.1, 0.15) is 13.2 Å². The molecule has 0 aromatic heterocycles. The van der Waals surface area contributed by atoms with E-state index in [-0.39, 0.29) is 23.7 Å². The number of nitrogens with zero attached hydrogens (tertiary/aromatic N) is 1. The normalized spacial score (nSPS) is 19.0. The van der Waals surface area contributed by atoms with E-state index in [1.807, 2.05) is 26.0 Å². The molecule has 1 atom stereocenters. The van der Waals surface area contributed by atoms with Gasteiger partial charge in [0.2, 0.25) is 5.91 Å². The van der Waals surface area contributed by atoms with Gasteiger partial charge in [-0.2, -0.15) is 0 Å². The van der Waals surface area contributed by atoms with Gasteiger partial charge in [-0.3, -0.25) is 14.5 Å². The number of fused-ring (bicyclic) bond motifs is 1. The predicted octanol–water partition coefficient (Wildman–Crippen LogP) is 2.27. The first-order chi connectivity index (χ1) is 12.6. The molecule has 1 N–H and O–H groups in total. The van der Waals surface area contributed by atoms with Gasteiger partial charge in [-0.15, -0.1) is 0 Å². The van der Waals surface area contributed by atoms with E-state index < -0.39 is 0 Å². The van der Waals surface area contributed by atoms with E-state index in [0.29, 0.717) is 36.8 Å². The molecule has 142 valence electrons. The van der Waals surface area contributed by atoms with Crippen molar-refractivity contribution < 1.29 is 19.1 Å². The number of carbonyl (C=O) groups is 2. The van der Waals surface area contributed by atoms with Crippen LogP contribution in [0.5, 0.6) is 11.5 Å². The molecule has 2 heterocycles. The highest BCUT2D eigenvalue weighted by molar-refractivity contribution is 5.98. The number of piperidine rings is 1. The summed E-state index contributed by atoms with van der Waals surface area (Å²) in [6.07, 6.45) is 2.49. The molecule has 0 saturated carbocycles. The Morgan fingerprint density at radius 1 is 1.19 bits per heavy atom. The number of hydrogen-bond donors (Lipinski definition) is 1. The van der Waals surface area contributed by atoms with Crippen LogP contribution in [0.25, 0.3) is 0 Å². The second-order valence-electron chi connectivity index (χ2n) is 7.00. The van der Waals surface area contributed by atoms with Crippen molar-refractivity contribution in [1.29, 1.82) is 0 Å². The quantitative estimate of drug-likeness (QED) is 0.788. The molecule has 1 aromatic carbocycles. The average molecular weight is 360 g/mol. The molecule has 0 aliphatic carbocycles. The van der Waals surface area contributed by atoms with Crippen molar-refractivity contribution >= 4 is 11.7 Å². The van der Waals surface area contributed by atoms with Crippen LogP contribution in [0.2, 0.25) is 0 Å². The van der Waals surface area contributed by atoms with Crippen LogP contribution in [-0.4, -0.2) is 55.5 Å². The van der Waals surface area contributed by atoms with Crippen molar-refractivity contribution in [2.45, 2.75) is 39.2 Å². The Labute approximate surface area is 154 Å². The van der Waals surface area contributed by atoms with Gasteiger partial charge < -0.3 is 14.8 Å². The Bertz CT molecular complexity index is 653. The number of ether oxygens (including phenoxy) is 2. The van der Waals surface area contributed by atoms with Gasteiger partial charge in [0.25, 0.3) is 0 Å². The number of ketones is 1.